The zero-order valence-corrected chi connectivity index (χ0v) is 38.2. The molecule has 63 heavy (non-hydrogen) atoms. The van der Waals surface area contributed by atoms with Gasteiger partial charge in [0.1, 0.15) is 43.2 Å². The molecular weight excluding hydrogens is 828 g/mol. The highest BCUT2D eigenvalue weighted by atomic mass is 31.2. The lowest BCUT2D eigenvalue weighted by Crippen LogP contribution is -2.64. The molecule has 8 atom stereocenters. The van der Waals surface area contributed by atoms with Crippen LogP contribution in [0.5, 0.6) is 0 Å². The van der Waals surface area contributed by atoms with Gasteiger partial charge in [-0.3, -0.25) is 18.6 Å². The summed E-state index contributed by atoms with van der Waals surface area (Å²) in [6.45, 7) is 2.99. The second-order valence-electron chi connectivity index (χ2n) is 14.9. The third-order valence-electron chi connectivity index (χ3n) is 9.42. The molecule has 14 heteroatoms. The summed E-state index contributed by atoms with van der Waals surface area (Å²) in [5, 5.41) is 50.1. The van der Waals surface area contributed by atoms with Crippen molar-refractivity contribution in [3.8, 4) is 0 Å². The summed E-state index contributed by atoms with van der Waals surface area (Å²) in [5.74, 6) is -1.25. The molecule has 0 aliphatic heterocycles. The molecule has 0 aromatic rings. The SMILES string of the molecule is CC/C=C/C=C/C=C/C=C/C=C/CCCC(=O)OC(COC(=O)CCCC/C=C/C/C=C/C/C=C/C/C=C/C/C=C/CCCCC)COP(=O)(O)OC1C(O)C(O)C(O)[C@H](O)C1O. The number of rotatable bonds is 34. The zero-order valence-electron chi connectivity index (χ0n) is 37.3. The molecule has 1 aliphatic rings. The van der Waals surface area contributed by atoms with E-state index in [1.807, 2.05) is 54.7 Å². The summed E-state index contributed by atoms with van der Waals surface area (Å²) < 4.78 is 33.3. The van der Waals surface area contributed by atoms with Crippen LogP contribution in [0.2, 0.25) is 0 Å². The number of allylic oxidation sites excluding steroid dienone is 20. The molecule has 1 fully saturated rings. The molecule has 1 aliphatic carbocycles. The van der Waals surface area contributed by atoms with Crippen LogP contribution in [-0.2, 0) is 32.7 Å². The van der Waals surface area contributed by atoms with Crippen molar-refractivity contribution < 1.29 is 63.1 Å². The second-order valence-corrected chi connectivity index (χ2v) is 16.3. The lowest BCUT2D eigenvalue weighted by molar-refractivity contribution is -0.220. The Kier molecular flexibility index (Phi) is 34.2. The Hall–Kier alpha value is -3.75. The number of aliphatic hydroxyl groups is 5. The molecule has 0 aromatic heterocycles. The van der Waals surface area contributed by atoms with Crippen molar-refractivity contribution in [1.82, 2.24) is 0 Å². The quantitative estimate of drug-likeness (QED) is 0.0118. The van der Waals surface area contributed by atoms with Crippen molar-refractivity contribution in [2.45, 2.75) is 159 Å². The Balaban J connectivity index is 2.54. The smallest absolute Gasteiger partial charge is 0.462 e. The van der Waals surface area contributed by atoms with Crippen LogP contribution in [0.15, 0.2) is 122 Å². The van der Waals surface area contributed by atoms with Gasteiger partial charge in [0, 0.05) is 12.8 Å². The summed E-state index contributed by atoms with van der Waals surface area (Å²) in [5.41, 5.74) is 0. The van der Waals surface area contributed by atoms with E-state index in [0.29, 0.717) is 19.3 Å². The van der Waals surface area contributed by atoms with E-state index in [1.165, 1.54) is 19.3 Å². The number of aliphatic hydroxyl groups excluding tert-OH is 5. The average molecular weight is 903 g/mol. The number of esters is 2. The molecule has 0 amide bonds. The Morgan fingerprint density at radius 1 is 0.524 bits per heavy atom. The molecule has 7 unspecified atom stereocenters. The van der Waals surface area contributed by atoms with E-state index in [1.54, 1.807) is 0 Å². The number of phosphoric ester groups is 1. The summed E-state index contributed by atoms with van der Waals surface area (Å²) in [4.78, 5) is 35.6. The number of phosphoric acid groups is 1. The fraction of sp³-hybridized carbons (Fsp3) is 0.551. The Morgan fingerprint density at radius 3 is 1.49 bits per heavy atom. The van der Waals surface area contributed by atoms with Gasteiger partial charge in [0.25, 0.3) is 0 Å². The standard InChI is InChI=1S/C49H75O13P/c1-3-5-7-9-11-13-15-17-18-19-20-21-22-23-24-26-27-29-31-33-35-37-42(50)59-39-41(40-60-63(57,58)62-49-47(55)45(53)44(52)46(54)48(49)56)61-43(51)38-36-34-32-30-28-25-16-14-12-10-8-6-4-2/h6,8,10-14,16-18,20-21,23-25,27-30,32,41,44-49,52-56H,3-5,7,9,15,19,22,26,31,33-40H2,1-2H3,(H,57,58)/b8-6+,12-10+,13-11+,16-14+,18-17+,21-20+,24-23+,28-25+,29-27+,32-30+/t41?,44?,45-,46?,47?,48?,49?/m0/s1. The normalized spacial score (nSPS) is 22.9. The van der Waals surface area contributed by atoms with E-state index in [-0.39, 0.29) is 12.8 Å². The predicted octanol–water partition coefficient (Wildman–Crippen LogP) is 8.61. The van der Waals surface area contributed by atoms with Crippen LogP contribution in [0.1, 0.15) is 117 Å². The maximum absolute atomic E-state index is 12.8. The lowest BCUT2D eigenvalue weighted by atomic mass is 9.85. The van der Waals surface area contributed by atoms with Crippen LogP contribution < -0.4 is 0 Å². The number of carbonyl (C=O) groups is 2. The van der Waals surface area contributed by atoms with Crippen molar-refractivity contribution in [1.29, 1.82) is 0 Å². The van der Waals surface area contributed by atoms with Gasteiger partial charge in [0.2, 0.25) is 0 Å². The van der Waals surface area contributed by atoms with E-state index in [4.69, 9.17) is 18.5 Å². The molecule has 6 N–H and O–H groups in total. The topological polar surface area (TPSA) is 210 Å². The van der Waals surface area contributed by atoms with Gasteiger partial charge >= 0.3 is 19.8 Å². The molecule has 13 nitrogen and oxygen atoms in total. The number of hydrogen-bond acceptors (Lipinski definition) is 12. The molecule has 0 spiro atoms. The minimum Gasteiger partial charge on any atom is -0.462 e. The fourth-order valence-corrected chi connectivity index (χ4v) is 6.78. The van der Waals surface area contributed by atoms with Crippen molar-refractivity contribution in [3.05, 3.63) is 122 Å². The monoisotopic (exact) mass is 902 g/mol. The third kappa shape index (κ3) is 30.1. The first-order valence-electron chi connectivity index (χ1n) is 22.4. The maximum atomic E-state index is 12.8. The molecule has 0 aromatic carbocycles. The first kappa shape index (κ1) is 57.3. The molecule has 0 saturated heterocycles. The summed E-state index contributed by atoms with van der Waals surface area (Å²) >= 11 is 0. The summed E-state index contributed by atoms with van der Waals surface area (Å²) in [6, 6.07) is 0. The predicted molar refractivity (Wildman–Crippen MR) is 248 cm³/mol. The highest BCUT2D eigenvalue weighted by molar-refractivity contribution is 7.47. The third-order valence-corrected chi connectivity index (χ3v) is 10.4. The van der Waals surface area contributed by atoms with Gasteiger partial charge < -0.3 is 39.9 Å². The minimum atomic E-state index is -5.16. The van der Waals surface area contributed by atoms with E-state index >= 15 is 0 Å². The van der Waals surface area contributed by atoms with Crippen molar-refractivity contribution in [3.63, 3.8) is 0 Å². The van der Waals surface area contributed by atoms with Gasteiger partial charge in [0.15, 0.2) is 6.10 Å². The van der Waals surface area contributed by atoms with Gasteiger partial charge in [0.05, 0.1) is 6.61 Å². The van der Waals surface area contributed by atoms with Crippen LogP contribution in [0.4, 0.5) is 0 Å². The maximum Gasteiger partial charge on any atom is 0.472 e. The van der Waals surface area contributed by atoms with Gasteiger partial charge in [-0.05, 0) is 77.0 Å². The van der Waals surface area contributed by atoms with Crippen LogP contribution >= 0.6 is 7.82 Å². The fourth-order valence-electron chi connectivity index (χ4n) is 5.80. The second kappa shape index (κ2) is 37.6. The van der Waals surface area contributed by atoms with Crippen molar-refractivity contribution >= 4 is 19.8 Å². The van der Waals surface area contributed by atoms with Gasteiger partial charge in [-0.15, -0.1) is 0 Å². The molecular formula is C49H75O13P. The van der Waals surface area contributed by atoms with Crippen LogP contribution in [0.3, 0.4) is 0 Å². The van der Waals surface area contributed by atoms with Crippen molar-refractivity contribution in [2.24, 2.45) is 0 Å². The first-order chi connectivity index (χ1) is 30.4. The molecule has 1 saturated carbocycles. The number of ether oxygens (including phenoxy) is 2. The minimum absolute atomic E-state index is 0.0176. The van der Waals surface area contributed by atoms with E-state index in [2.05, 4.69) is 80.7 Å². The lowest BCUT2D eigenvalue weighted by Gasteiger charge is -2.41. The van der Waals surface area contributed by atoms with Crippen LogP contribution in [0.25, 0.3) is 0 Å². The van der Waals surface area contributed by atoms with E-state index < -0.39 is 75.7 Å². The van der Waals surface area contributed by atoms with E-state index in [9.17, 15) is 44.6 Å². The Morgan fingerprint density at radius 2 is 0.968 bits per heavy atom. The Bertz CT molecular complexity index is 1560. The van der Waals surface area contributed by atoms with Gasteiger partial charge in [-0.1, -0.05) is 148 Å². The highest BCUT2D eigenvalue weighted by Gasteiger charge is 2.51. The average Bonchev–Trinajstić information content (AvgIpc) is 3.26. The zero-order chi connectivity index (χ0) is 46.4. The van der Waals surface area contributed by atoms with Gasteiger partial charge in [-0.25, -0.2) is 4.57 Å². The van der Waals surface area contributed by atoms with Crippen LogP contribution in [-0.4, -0.2) is 98.3 Å². The largest absolute Gasteiger partial charge is 0.472 e. The number of hydrogen-bond donors (Lipinski definition) is 6. The van der Waals surface area contributed by atoms with E-state index in [0.717, 1.165) is 51.4 Å². The van der Waals surface area contributed by atoms with Crippen molar-refractivity contribution in [2.75, 3.05) is 13.2 Å². The molecule has 1 rings (SSSR count). The van der Waals surface area contributed by atoms with Crippen LogP contribution in [0, 0.1) is 0 Å². The molecule has 354 valence electrons. The molecule has 0 heterocycles. The highest BCUT2D eigenvalue weighted by Crippen LogP contribution is 2.47. The van der Waals surface area contributed by atoms with Gasteiger partial charge in [-0.2, -0.15) is 0 Å². The molecule has 0 bridgehead atoms. The summed E-state index contributed by atoms with van der Waals surface area (Å²) in [7, 11) is -5.16. The first-order valence-corrected chi connectivity index (χ1v) is 23.9. The Labute approximate surface area is 375 Å². The number of unbranched alkanes of at least 4 members (excludes halogenated alkanes) is 6. The summed E-state index contributed by atoms with van der Waals surface area (Å²) in [6.07, 6.45) is 39.9. The molecule has 0 radical (unpaired) electrons. The number of carbonyl (C=O) groups excluding carboxylic acids is 2.